The van der Waals surface area contributed by atoms with Crippen molar-refractivity contribution in [3.05, 3.63) is 29.6 Å². The number of nitrogens with one attached hydrogen (secondary N) is 2. The molecule has 0 aliphatic rings. The molecule has 6 heteroatoms. The predicted octanol–water partition coefficient (Wildman–Crippen LogP) is 2.30. The molecule has 0 saturated heterocycles. The van der Waals surface area contributed by atoms with Gasteiger partial charge in [-0.3, -0.25) is 4.79 Å². The van der Waals surface area contributed by atoms with Crippen LogP contribution in [0.25, 0.3) is 0 Å². The summed E-state index contributed by atoms with van der Waals surface area (Å²) >= 11 is 0. The first-order valence-electron chi connectivity index (χ1n) is 6.58. The van der Waals surface area contributed by atoms with Gasteiger partial charge in [0, 0.05) is 18.7 Å². The molecule has 0 aliphatic heterocycles. The summed E-state index contributed by atoms with van der Waals surface area (Å²) in [5, 5.41) is 5.18. The van der Waals surface area contributed by atoms with Gasteiger partial charge in [-0.05, 0) is 37.5 Å². The summed E-state index contributed by atoms with van der Waals surface area (Å²) in [7, 11) is 0. The zero-order valence-electron chi connectivity index (χ0n) is 11.5. The van der Waals surface area contributed by atoms with Crippen molar-refractivity contribution in [3.8, 4) is 0 Å². The van der Waals surface area contributed by atoms with E-state index in [4.69, 9.17) is 5.73 Å². The highest BCUT2D eigenvalue weighted by Crippen LogP contribution is 2.16. The van der Waals surface area contributed by atoms with Crippen LogP contribution in [0.1, 0.15) is 31.2 Å². The Balaban J connectivity index is 2.23. The maximum Gasteiger partial charge on any atom is 0.312 e. The van der Waals surface area contributed by atoms with Crippen molar-refractivity contribution in [2.24, 2.45) is 5.73 Å². The number of anilines is 1. The molecule has 1 aromatic rings. The number of unbranched alkanes of at least 4 members (excludes halogenated alkanes) is 2. The SMILES string of the molecule is Cc1ccc(F)cc1NC(=O)CCCCCNC(N)=O. The molecule has 0 radical (unpaired) electrons. The first-order valence-corrected chi connectivity index (χ1v) is 6.58. The zero-order valence-corrected chi connectivity index (χ0v) is 11.5. The second kappa shape index (κ2) is 8.14. The van der Waals surface area contributed by atoms with Crippen LogP contribution in [0.4, 0.5) is 14.9 Å². The van der Waals surface area contributed by atoms with Gasteiger partial charge >= 0.3 is 6.03 Å². The molecule has 0 atom stereocenters. The minimum atomic E-state index is -0.538. The Morgan fingerprint density at radius 3 is 2.70 bits per heavy atom. The van der Waals surface area contributed by atoms with Crippen molar-refractivity contribution in [3.63, 3.8) is 0 Å². The number of nitrogens with two attached hydrogens (primary N) is 1. The molecule has 1 aromatic carbocycles. The standard InChI is InChI=1S/C14H20FN3O2/c1-10-6-7-11(15)9-12(10)18-13(19)5-3-2-4-8-17-14(16)20/h6-7,9H,2-5,8H2,1H3,(H,18,19)(H3,16,17,20). The molecule has 0 saturated carbocycles. The van der Waals surface area contributed by atoms with Crippen LogP contribution in [0.2, 0.25) is 0 Å². The van der Waals surface area contributed by atoms with E-state index in [1.165, 1.54) is 12.1 Å². The van der Waals surface area contributed by atoms with Crippen molar-refractivity contribution >= 4 is 17.6 Å². The molecule has 110 valence electrons. The summed E-state index contributed by atoms with van der Waals surface area (Å²) in [6, 6.07) is 3.76. The van der Waals surface area contributed by atoms with Gasteiger partial charge in [0.15, 0.2) is 0 Å². The van der Waals surface area contributed by atoms with Crippen LogP contribution in [-0.4, -0.2) is 18.5 Å². The van der Waals surface area contributed by atoms with Gasteiger partial charge in [0.25, 0.3) is 0 Å². The second-order valence-corrected chi connectivity index (χ2v) is 4.61. The van der Waals surface area contributed by atoms with Gasteiger partial charge in [0.05, 0.1) is 0 Å². The number of amides is 3. The van der Waals surface area contributed by atoms with Crippen LogP contribution in [0.15, 0.2) is 18.2 Å². The van der Waals surface area contributed by atoms with E-state index in [2.05, 4.69) is 10.6 Å². The summed E-state index contributed by atoms with van der Waals surface area (Å²) in [5.41, 5.74) is 6.25. The third-order valence-corrected chi connectivity index (χ3v) is 2.85. The van der Waals surface area contributed by atoms with Gasteiger partial charge in [0.2, 0.25) is 5.91 Å². The van der Waals surface area contributed by atoms with Crippen LogP contribution in [-0.2, 0) is 4.79 Å². The van der Waals surface area contributed by atoms with Crippen molar-refractivity contribution in [1.29, 1.82) is 0 Å². The molecule has 3 amide bonds. The molecule has 4 N–H and O–H groups in total. The lowest BCUT2D eigenvalue weighted by molar-refractivity contribution is -0.116. The maximum atomic E-state index is 13.1. The highest BCUT2D eigenvalue weighted by Gasteiger charge is 2.05. The van der Waals surface area contributed by atoms with E-state index in [0.717, 1.165) is 18.4 Å². The molecule has 0 aliphatic carbocycles. The molecule has 0 fully saturated rings. The minimum absolute atomic E-state index is 0.137. The summed E-state index contributed by atoms with van der Waals surface area (Å²) in [6.45, 7) is 2.32. The van der Waals surface area contributed by atoms with Gasteiger partial charge in [-0.25, -0.2) is 9.18 Å². The number of primary amides is 1. The average molecular weight is 281 g/mol. The molecule has 0 heterocycles. The lowest BCUT2D eigenvalue weighted by Gasteiger charge is -2.08. The third-order valence-electron chi connectivity index (χ3n) is 2.85. The number of halogens is 1. The monoisotopic (exact) mass is 281 g/mol. The number of benzene rings is 1. The Hall–Kier alpha value is -2.11. The minimum Gasteiger partial charge on any atom is -0.352 e. The molecular formula is C14H20FN3O2. The van der Waals surface area contributed by atoms with E-state index in [9.17, 15) is 14.0 Å². The van der Waals surface area contributed by atoms with Gasteiger partial charge < -0.3 is 16.4 Å². The van der Waals surface area contributed by atoms with E-state index in [1.807, 2.05) is 6.92 Å². The number of rotatable bonds is 7. The molecule has 0 unspecified atom stereocenters. The van der Waals surface area contributed by atoms with E-state index < -0.39 is 6.03 Å². The summed E-state index contributed by atoms with van der Waals surface area (Å²) < 4.78 is 13.1. The van der Waals surface area contributed by atoms with Crippen molar-refractivity contribution < 1.29 is 14.0 Å². The maximum absolute atomic E-state index is 13.1. The normalized spacial score (nSPS) is 10.1. The number of carbonyl (C=O) groups excluding carboxylic acids is 2. The van der Waals surface area contributed by atoms with Gasteiger partial charge in [-0.1, -0.05) is 12.5 Å². The Bertz CT molecular complexity index is 477. The van der Waals surface area contributed by atoms with Gasteiger partial charge in [0.1, 0.15) is 5.82 Å². The molecule has 0 aromatic heterocycles. The molecular weight excluding hydrogens is 261 g/mol. The Kier molecular flexibility index (Phi) is 6.49. The van der Waals surface area contributed by atoms with E-state index in [-0.39, 0.29) is 11.7 Å². The summed E-state index contributed by atoms with van der Waals surface area (Å²) in [5.74, 6) is -0.509. The van der Waals surface area contributed by atoms with Crippen LogP contribution < -0.4 is 16.4 Å². The van der Waals surface area contributed by atoms with Crippen LogP contribution in [0.5, 0.6) is 0 Å². The third kappa shape index (κ3) is 6.17. The predicted molar refractivity (Wildman–Crippen MR) is 75.8 cm³/mol. The first kappa shape index (κ1) is 15.9. The fourth-order valence-corrected chi connectivity index (χ4v) is 1.74. The first-order chi connectivity index (χ1) is 9.49. The number of aryl methyl sites for hydroxylation is 1. The average Bonchev–Trinajstić information content (AvgIpc) is 2.37. The largest absolute Gasteiger partial charge is 0.352 e. The highest BCUT2D eigenvalue weighted by atomic mass is 19.1. The summed E-state index contributed by atoms with van der Waals surface area (Å²) in [6.07, 6.45) is 2.66. The van der Waals surface area contributed by atoms with E-state index >= 15 is 0 Å². The fourth-order valence-electron chi connectivity index (χ4n) is 1.74. The molecule has 1 rings (SSSR count). The molecule has 0 spiro atoms. The van der Waals surface area contributed by atoms with Crippen molar-refractivity contribution in [2.45, 2.75) is 32.6 Å². The Morgan fingerprint density at radius 1 is 1.25 bits per heavy atom. The smallest absolute Gasteiger partial charge is 0.312 e. The van der Waals surface area contributed by atoms with Gasteiger partial charge in [-0.15, -0.1) is 0 Å². The van der Waals surface area contributed by atoms with Crippen LogP contribution in [0.3, 0.4) is 0 Å². The van der Waals surface area contributed by atoms with E-state index in [0.29, 0.717) is 25.1 Å². The summed E-state index contributed by atoms with van der Waals surface area (Å²) in [4.78, 5) is 22.1. The number of hydrogen-bond donors (Lipinski definition) is 3. The zero-order chi connectivity index (χ0) is 15.0. The van der Waals surface area contributed by atoms with Gasteiger partial charge in [-0.2, -0.15) is 0 Å². The number of urea groups is 1. The lowest BCUT2D eigenvalue weighted by Crippen LogP contribution is -2.29. The lowest BCUT2D eigenvalue weighted by atomic mass is 10.1. The fraction of sp³-hybridized carbons (Fsp3) is 0.429. The topological polar surface area (TPSA) is 84.2 Å². The Morgan fingerprint density at radius 2 is 2.00 bits per heavy atom. The molecule has 5 nitrogen and oxygen atoms in total. The Labute approximate surface area is 117 Å². The second-order valence-electron chi connectivity index (χ2n) is 4.61. The van der Waals surface area contributed by atoms with Crippen molar-refractivity contribution in [1.82, 2.24) is 5.32 Å². The highest BCUT2D eigenvalue weighted by molar-refractivity contribution is 5.91. The number of hydrogen-bond acceptors (Lipinski definition) is 2. The molecule has 20 heavy (non-hydrogen) atoms. The number of carbonyl (C=O) groups is 2. The quantitative estimate of drug-likeness (QED) is 0.670. The van der Waals surface area contributed by atoms with Crippen LogP contribution in [0, 0.1) is 12.7 Å². The van der Waals surface area contributed by atoms with Crippen LogP contribution >= 0.6 is 0 Å². The molecule has 0 bridgehead atoms. The van der Waals surface area contributed by atoms with Crippen molar-refractivity contribution in [2.75, 3.05) is 11.9 Å². The van der Waals surface area contributed by atoms with E-state index in [1.54, 1.807) is 6.07 Å².